The Morgan fingerprint density at radius 3 is 2.62 bits per heavy atom. The molecule has 2 aliphatic carbocycles. The third-order valence-corrected chi connectivity index (χ3v) is 8.16. The van der Waals surface area contributed by atoms with Gasteiger partial charge in [-0.15, -0.1) is 0 Å². The summed E-state index contributed by atoms with van der Waals surface area (Å²) < 4.78 is 18.4. The Morgan fingerprint density at radius 2 is 1.88 bits per heavy atom. The second kappa shape index (κ2) is 9.05. The minimum atomic E-state index is -0.660. The quantitative estimate of drug-likeness (QED) is 0.372. The third kappa shape index (κ3) is 4.26. The summed E-state index contributed by atoms with van der Waals surface area (Å²) in [5, 5.41) is 0. The third-order valence-electron chi connectivity index (χ3n) is 8.16. The van der Waals surface area contributed by atoms with E-state index in [0.717, 1.165) is 38.5 Å². The zero-order chi connectivity index (χ0) is 22.9. The van der Waals surface area contributed by atoms with Gasteiger partial charge in [0.2, 0.25) is 0 Å². The summed E-state index contributed by atoms with van der Waals surface area (Å²) in [5.41, 5.74) is 4.24. The van der Waals surface area contributed by atoms with Gasteiger partial charge < -0.3 is 14.2 Å². The Kier molecular flexibility index (Phi) is 6.53. The molecule has 4 heteroatoms. The van der Waals surface area contributed by atoms with E-state index in [1.807, 2.05) is 6.07 Å². The van der Waals surface area contributed by atoms with Crippen LogP contribution in [0.4, 0.5) is 4.79 Å². The molecule has 32 heavy (non-hydrogen) atoms. The summed E-state index contributed by atoms with van der Waals surface area (Å²) >= 11 is 0. The molecule has 0 saturated carbocycles. The van der Waals surface area contributed by atoms with Crippen molar-refractivity contribution in [3.8, 4) is 0 Å². The zero-order valence-electron chi connectivity index (χ0n) is 20.3. The van der Waals surface area contributed by atoms with E-state index < -0.39 is 11.8 Å². The predicted octanol–water partition coefficient (Wildman–Crippen LogP) is 7.14. The van der Waals surface area contributed by atoms with Crippen molar-refractivity contribution in [3.05, 3.63) is 58.7 Å². The van der Waals surface area contributed by atoms with Crippen LogP contribution in [0.25, 0.3) is 0 Å². The van der Waals surface area contributed by atoms with Gasteiger partial charge in [-0.25, -0.2) is 4.79 Å². The lowest BCUT2D eigenvalue weighted by molar-refractivity contribution is -0.0637. The van der Waals surface area contributed by atoms with Gasteiger partial charge in [-0.2, -0.15) is 0 Å². The lowest BCUT2D eigenvalue weighted by Crippen LogP contribution is -2.55. The zero-order valence-corrected chi connectivity index (χ0v) is 20.3. The van der Waals surface area contributed by atoms with Gasteiger partial charge in [0.05, 0.1) is 12.7 Å². The lowest BCUT2D eigenvalue weighted by atomic mass is 9.58. The Hall–Kier alpha value is -2.07. The number of fused-ring (bicyclic) bond motifs is 1. The molecular formula is C28H38O4. The minimum Gasteiger partial charge on any atom is -0.422 e. The van der Waals surface area contributed by atoms with E-state index in [2.05, 4.69) is 65.0 Å². The van der Waals surface area contributed by atoms with Crippen LogP contribution in [-0.4, -0.2) is 24.0 Å². The summed E-state index contributed by atoms with van der Waals surface area (Å²) in [7, 11) is 0. The molecule has 1 spiro atoms. The molecule has 3 aliphatic rings. The minimum absolute atomic E-state index is 0.120. The predicted molar refractivity (Wildman–Crippen MR) is 126 cm³/mol. The van der Waals surface area contributed by atoms with Gasteiger partial charge in [0.25, 0.3) is 0 Å². The molecule has 0 unspecified atom stereocenters. The van der Waals surface area contributed by atoms with Crippen molar-refractivity contribution in [2.75, 3.05) is 0 Å². The molecule has 4 atom stereocenters. The molecular weight excluding hydrogens is 400 g/mol. The van der Waals surface area contributed by atoms with Crippen LogP contribution >= 0.6 is 0 Å². The highest BCUT2D eigenvalue weighted by Crippen LogP contribution is 2.56. The molecule has 4 nitrogen and oxygen atoms in total. The number of benzene rings is 1. The summed E-state index contributed by atoms with van der Waals surface area (Å²) in [5.74, 6) is 0.443. The molecule has 4 rings (SSSR count). The molecule has 1 fully saturated rings. The van der Waals surface area contributed by atoms with Crippen molar-refractivity contribution in [1.29, 1.82) is 0 Å². The summed E-state index contributed by atoms with van der Waals surface area (Å²) in [6, 6.07) is 10.4. The molecule has 1 heterocycles. The molecule has 0 radical (unpaired) electrons. The number of hydrogen-bond acceptors (Lipinski definition) is 4. The monoisotopic (exact) mass is 438 g/mol. The van der Waals surface area contributed by atoms with E-state index in [1.54, 1.807) is 0 Å². The second-order valence-corrected chi connectivity index (χ2v) is 10.6. The van der Waals surface area contributed by atoms with Crippen LogP contribution in [0.2, 0.25) is 0 Å². The number of allylic oxidation sites excluding steroid dienone is 2. The van der Waals surface area contributed by atoms with Crippen LogP contribution in [0.15, 0.2) is 53.1 Å². The van der Waals surface area contributed by atoms with E-state index >= 15 is 0 Å². The molecule has 0 N–H and O–H groups in total. The summed E-state index contributed by atoms with van der Waals surface area (Å²) in [6.45, 7) is 11.8. The average Bonchev–Trinajstić information content (AvgIpc) is 3.07. The fraction of sp³-hybridized carbons (Fsp3) is 0.607. The first-order valence-electron chi connectivity index (χ1n) is 12.1. The summed E-state index contributed by atoms with van der Waals surface area (Å²) in [4.78, 5) is 12.4. The van der Waals surface area contributed by atoms with E-state index in [0.29, 0.717) is 12.5 Å². The smallest absolute Gasteiger partial charge is 0.422 e. The van der Waals surface area contributed by atoms with Crippen LogP contribution in [-0.2, 0) is 20.8 Å². The Labute approximate surface area is 193 Å². The van der Waals surface area contributed by atoms with Crippen molar-refractivity contribution in [2.45, 2.75) is 97.6 Å². The van der Waals surface area contributed by atoms with Gasteiger partial charge in [0, 0.05) is 5.41 Å². The first-order valence-corrected chi connectivity index (χ1v) is 12.1. The molecule has 1 aliphatic heterocycles. The van der Waals surface area contributed by atoms with Crippen molar-refractivity contribution in [2.24, 2.45) is 11.3 Å². The molecule has 0 amide bonds. The van der Waals surface area contributed by atoms with Gasteiger partial charge >= 0.3 is 6.16 Å². The fourth-order valence-corrected chi connectivity index (χ4v) is 5.96. The van der Waals surface area contributed by atoms with E-state index in [-0.39, 0.29) is 17.6 Å². The number of rotatable bonds is 3. The maximum absolute atomic E-state index is 12.4. The highest BCUT2D eigenvalue weighted by molar-refractivity contribution is 5.65. The lowest BCUT2D eigenvalue weighted by Gasteiger charge is -2.50. The van der Waals surface area contributed by atoms with Crippen molar-refractivity contribution < 1.29 is 19.0 Å². The second-order valence-electron chi connectivity index (χ2n) is 10.6. The first kappa shape index (κ1) is 23.1. The van der Waals surface area contributed by atoms with Gasteiger partial charge in [-0.3, -0.25) is 0 Å². The normalized spacial score (nSPS) is 34.3. The van der Waals surface area contributed by atoms with E-state index in [4.69, 9.17) is 14.2 Å². The number of ether oxygens (including phenoxy) is 3. The SMILES string of the molecule is CC1=C2C[C@@H](OCc3ccccc3)[C@H](C)CCC/C(C)=C\[C@@H]3OC(=O)O[C@@]3(CC1)C2(C)C. The van der Waals surface area contributed by atoms with E-state index in [9.17, 15) is 4.79 Å². The Morgan fingerprint density at radius 1 is 1.12 bits per heavy atom. The van der Waals surface area contributed by atoms with Crippen LogP contribution in [0.5, 0.6) is 0 Å². The van der Waals surface area contributed by atoms with Crippen LogP contribution in [0.3, 0.4) is 0 Å². The molecule has 1 aromatic rings. The highest BCUT2D eigenvalue weighted by Gasteiger charge is 2.62. The van der Waals surface area contributed by atoms with Crippen molar-refractivity contribution in [1.82, 2.24) is 0 Å². The van der Waals surface area contributed by atoms with Crippen molar-refractivity contribution >= 4 is 6.16 Å². The van der Waals surface area contributed by atoms with Gasteiger partial charge in [0.15, 0.2) is 11.7 Å². The molecule has 1 saturated heterocycles. The molecule has 174 valence electrons. The Bertz CT molecular complexity index is 897. The topological polar surface area (TPSA) is 44.8 Å². The molecule has 2 bridgehead atoms. The van der Waals surface area contributed by atoms with Crippen LogP contribution in [0.1, 0.15) is 78.7 Å². The largest absolute Gasteiger partial charge is 0.509 e. The standard InChI is InChI=1S/C28H38O4/c1-19-10-9-11-21(3)24(30-18-22-12-7-6-8-13-22)17-23-20(2)14-15-28(27(23,4)5)25(16-19)31-26(29)32-28/h6-8,12-13,16,21,24-25H,9-11,14-15,17-18H2,1-5H3/b19-16-/t21-,24-,25+,28-/m1/s1. The first-order chi connectivity index (χ1) is 15.2. The molecule has 0 aromatic heterocycles. The van der Waals surface area contributed by atoms with Gasteiger partial charge in [0.1, 0.15) is 0 Å². The van der Waals surface area contributed by atoms with Crippen LogP contribution < -0.4 is 0 Å². The fourth-order valence-electron chi connectivity index (χ4n) is 5.96. The highest BCUT2D eigenvalue weighted by atomic mass is 16.8. The van der Waals surface area contributed by atoms with Gasteiger partial charge in [-0.05, 0) is 69.9 Å². The average molecular weight is 439 g/mol. The number of hydrogen-bond donors (Lipinski definition) is 0. The number of carbonyl (C=O) groups is 1. The Balaban J connectivity index is 1.70. The van der Waals surface area contributed by atoms with Crippen molar-refractivity contribution in [3.63, 3.8) is 0 Å². The molecule has 1 aromatic carbocycles. The summed E-state index contributed by atoms with van der Waals surface area (Å²) in [6.07, 6.45) is 7.19. The maximum atomic E-state index is 12.4. The number of carbonyl (C=O) groups excluding carboxylic acids is 1. The van der Waals surface area contributed by atoms with Crippen LogP contribution in [0, 0.1) is 11.3 Å². The van der Waals surface area contributed by atoms with E-state index in [1.165, 1.54) is 22.3 Å². The maximum Gasteiger partial charge on any atom is 0.509 e. The van der Waals surface area contributed by atoms with Gasteiger partial charge in [-0.1, -0.05) is 67.8 Å².